The van der Waals surface area contributed by atoms with Crippen LogP contribution in [0, 0.1) is 0 Å². The van der Waals surface area contributed by atoms with Crippen molar-refractivity contribution in [3.05, 3.63) is 42.2 Å². The van der Waals surface area contributed by atoms with Crippen molar-refractivity contribution in [2.45, 2.75) is 6.54 Å². The summed E-state index contributed by atoms with van der Waals surface area (Å²) >= 11 is 0. The van der Waals surface area contributed by atoms with Gasteiger partial charge in [-0.1, -0.05) is 0 Å². The van der Waals surface area contributed by atoms with Crippen LogP contribution in [0.2, 0.25) is 0 Å². The van der Waals surface area contributed by atoms with Crippen LogP contribution in [-0.2, 0) is 6.54 Å². The third-order valence-corrected chi connectivity index (χ3v) is 4.01. The van der Waals surface area contributed by atoms with Gasteiger partial charge in [0, 0.05) is 24.1 Å². The number of nitrogens with one attached hydrogen (secondary N) is 1. The van der Waals surface area contributed by atoms with E-state index in [1.807, 2.05) is 30.3 Å². The van der Waals surface area contributed by atoms with E-state index in [4.69, 9.17) is 18.9 Å². The highest BCUT2D eigenvalue weighted by Gasteiger charge is 2.11. The smallest absolute Gasteiger partial charge is 0.162 e. The number of anilines is 1. The number of aromatic nitrogens is 2. The van der Waals surface area contributed by atoms with Crippen LogP contribution >= 0.6 is 12.4 Å². The van der Waals surface area contributed by atoms with E-state index in [0.717, 1.165) is 28.0 Å². The third-order valence-electron chi connectivity index (χ3n) is 4.01. The topological polar surface area (TPSA) is 74.7 Å². The van der Waals surface area contributed by atoms with Crippen molar-refractivity contribution < 1.29 is 18.9 Å². The monoisotopic (exact) mass is 391 g/mol. The molecule has 1 N–H and O–H groups in total. The zero-order valence-electron chi connectivity index (χ0n) is 15.6. The summed E-state index contributed by atoms with van der Waals surface area (Å²) in [6, 6.07) is 9.42. The number of benzene rings is 2. The zero-order valence-corrected chi connectivity index (χ0v) is 16.4. The number of methoxy groups -OCH3 is 4. The molecule has 1 heterocycles. The minimum atomic E-state index is 0. The number of hydrogen-bond donors (Lipinski definition) is 1. The average Bonchev–Trinajstić information content (AvgIpc) is 2.70. The van der Waals surface area contributed by atoms with Gasteiger partial charge in [0.25, 0.3) is 0 Å². The van der Waals surface area contributed by atoms with Gasteiger partial charge in [-0.3, -0.25) is 0 Å². The molecule has 0 bridgehead atoms. The van der Waals surface area contributed by atoms with Crippen molar-refractivity contribution in [2.24, 2.45) is 0 Å². The lowest BCUT2D eigenvalue weighted by atomic mass is 10.1. The molecule has 144 valence electrons. The summed E-state index contributed by atoms with van der Waals surface area (Å²) < 4.78 is 21.3. The minimum absolute atomic E-state index is 0. The van der Waals surface area contributed by atoms with Gasteiger partial charge in [0.05, 0.1) is 34.0 Å². The third kappa shape index (κ3) is 4.43. The lowest BCUT2D eigenvalue weighted by Crippen LogP contribution is -2.04. The molecule has 0 amide bonds. The molecule has 0 unspecified atom stereocenters. The Hall–Kier alpha value is -2.93. The predicted molar refractivity (Wildman–Crippen MR) is 107 cm³/mol. The molecule has 0 spiro atoms. The van der Waals surface area contributed by atoms with E-state index in [1.54, 1.807) is 28.4 Å². The largest absolute Gasteiger partial charge is 0.497 e. The SMILES string of the molecule is COc1cc(CNc2ncnc3cc(OC)c(OC)cc23)cc(OC)c1.Cl. The van der Waals surface area contributed by atoms with Crippen LogP contribution in [0.5, 0.6) is 23.0 Å². The normalized spacial score (nSPS) is 10.1. The van der Waals surface area contributed by atoms with Crippen molar-refractivity contribution in [1.29, 1.82) is 0 Å². The molecule has 3 rings (SSSR count). The highest BCUT2D eigenvalue weighted by atomic mass is 35.5. The summed E-state index contributed by atoms with van der Waals surface area (Å²) in [5.74, 6) is 3.43. The van der Waals surface area contributed by atoms with Gasteiger partial charge in [-0.05, 0) is 23.8 Å². The van der Waals surface area contributed by atoms with E-state index in [2.05, 4.69) is 15.3 Å². The van der Waals surface area contributed by atoms with E-state index in [9.17, 15) is 0 Å². The summed E-state index contributed by atoms with van der Waals surface area (Å²) in [7, 11) is 6.45. The van der Waals surface area contributed by atoms with E-state index in [0.29, 0.717) is 23.9 Å². The van der Waals surface area contributed by atoms with Crippen LogP contribution in [0.4, 0.5) is 5.82 Å². The van der Waals surface area contributed by atoms with Gasteiger partial charge >= 0.3 is 0 Å². The van der Waals surface area contributed by atoms with Gasteiger partial charge in [-0.15, -0.1) is 12.4 Å². The average molecular weight is 392 g/mol. The second-order valence-electron chi connectivity index (χ2n) is 5.52. The molecule has 7 nitrogen and oxygen atoms in total. The van der Waals surface area contributed by atoms with E-state index in [-0.39, 0.29) is 12.4 Å². The molecule has 0 aliphatic heterocycles. The lowest BCUT2D eigenvalue weighted by molar-refractivity contribution is 0.356. The minimum Gasteiger partial charge on any atom is -0.497 e. The van der Waals surface area contributed by atoms with Crippen LogP contribution < -0.4 is 24.3 Å². The fraction of sp³-hybridized carbons (Fsp3) is 0.263. The van der Waals surface area contributed by atoms with Gasteiger partial charge < -0.3 is 24.3 Å². The second kappa shape index (κ2) is 9.14. The molecule has 0 atom stereocenters. The molecule has 0 fully saturated rings. The van der Waals surface area contributed by atoms with E-state index in [1.165, 1.54) is 6.33 Å². The van der Waals surface area contributed by atoms with Crippen molar-refractivity contribution in [2.75, 3.05) is 33.8 Å². The molecular formula is C19H22ClN3O4. The summed E-state index contributed by atoms with van der Waals surface area (Å²) in [5, 5.41) is 4.18. The standard InChI is InChI=1S/C19H21N3O4.ClH/c1-23-13-5-12(6-14(7-13)24-2)10-20-19-15-8-17(25-3)18(26-4)9-16(15)21-11-22-19;/h5-9,11H,10H2,1-4H3,(H,20,21,22);1H. The first kappa shape index (κ1) is 20.4. The first-order valence-corrected chi connectivity index (χ1v) is 8.01. The molecule has 0 radical (unpaired) electrons. The Morgan fingerprint density at radius 1 is 0.778 bits per heavy atom. The molecule has 0 saturated heterocycles. The maximum Gasteiger partial charge on any atom is 0.162 e. The summed E-state index contributed by atoms with van der Waals surface area (Å²) in [6.45, 7) is 0.550. The molecule has 0 aliphatic rings. The Morgan fingerprint density at radius 3 is 2.00 bits per heavy atom. The van der Waals surface area contributed by atoms with Crippen LogP contribution in [0.15, 0.2) is 36.7 Å². The fourth-order valence-electron chi connectivity index (χ4n) is 2.68. The Kier molecular flexibility index (Phi) is 6.90. The van der Waals surface area contributed by atoms with Crippen molar-refractivity contribution >= 4 is 29.1 Å². The molecular weight excluding hydrogens is 370 g/mol. The summed E-state index contributed by atoms with van der Waals surface area (Å²) in [4.78, 5) is 8.67. The fourth-order valence-corrected chi connectivity index (χ4v) is 2.68. The second-order valence-corrected chi connectivity index (χ2v) is 5.52. The highest BCUT2D eigenvalue weighted by molar-refractivity contribution is 5.91. The lowest BCUT2D eigenvalue weighted by Gasteiger charge is -2.13. The van der Waals surface area contributed by atoms with Crippen molar-refractivity contribution in [1.82, 2.24) is 9.97 Å². The van der Waals surface area contributed by atoms with Crippen molar-refractivity contribution in [3.63, 3.8) is 0 Å². The molecule has 0 aliphatic carbocycles. The molecule has 27 heavy (non-hydrogen) atoms. The maximum absolute atomic E-state index is 5.38. The molecule has 8 heteroatoms. The first-order chi connectivity index (χ1) is 12.7. The van der Waals surface area contributed by atoms with Gasteiger partial charge in [0.1, 0.15) is 23.6 Å². The van der Waals surface area contributed by atoms with Gasteiger partial charge in [-0.2, -0.15) is 0 Å². The van der Waals surface area contributed by atoms with Crippen LogP contribution in [0.25, 0.3) is 10.9 Å². The number of ether oxygens (including phenoxy) is 4. The van der Waals surface area contributed by atoms with Gasteiger partial charge in [0.15, 0.2) is 11.5 Å². The van der Waals surface area contributed by atoms with Gasteiger partial charge in [-0.25, -0.2) is 9.97 Å². The highest BCUT2D eigenvalue weighted by Crippen LogP contribution is 2.33. The number of hydrogen-bond acceptors (Lipinski definition) is 7. The first-order valence-electron chi connectivity index (χ1n) is 8.01. The van der Waals surface area contributed by atoms with E-state index < -0.39 is 0 Å². The Balaban J connectivity index is 0.00000261. The van der Waals surface area contributed by atoms with Gasteiger partial charge in [0.2, 0.25) is 0 Å². The Morgan fingerprint density at radius 2 is 1.41 bits per heavy atom. The van der Waals surface area contributed by atoms with Crippen LogP contribution in [-0.4, -0.2) is 38.4 Å². The predicted octanol–water partition coefficient (Wildman–Crippen LogP) is 3.70. The summed E-state index contributed by atoms with van der Waals surface area (Å²) in [6.07, 6.45) is 1.52. The quantitative estimate of drug-likeness (QED) is 0.658. The zero-order chi connectivity index (χ0) is 18.5. The molecule has 2 aromatic carbocycles. The van der Waals surface area contributed by atoms with Crippen LogP contribution in [0.1, 0.15) is 5.56 Å². The Bertz CT molecular complexity index is 899. The molecule has 1 aromatic heterocycles. The number of rotatable bonds is 7. The molecule has 0 saturated carbocycles. The number of nitrogens with zero attached hydrogens (tertiary/aromatic N) is 2. The Labute approximate surface area is 164 Å². The van der Waals surface area contributed by atoms with E-state index >= 15 is 0 Å². The number of fused-ring (bicyclic) bond motifs is 1. The van der Waals surface area contributed by atoms with Crippen LogP contribution in [0.3, 0.4) is 0 Å². The summed E-state index contributed by atoms with van der Waals surface area (Å²) in [5.41, 5.74) is 1.77. The maximum atomic E-state index is 5.38. The number of halogens is 1. The molecule has 3 aromatic rings. The van der Waals surface area contributed by atoms with Crippen molar-refractivity contribution in [3.8, 4) is 23.0 Å².